The van der Waals surface area contributed by atoms with Crippen molar-refractivity contribution in [3.8, 4) is 0 Å². The maximum absolute atomic E-state index is 12.4. The molecule has 124 heavy (non-hydrogen) atoms. The van der Waals surface area contributed by atoms with E-state index in [0.717, 1.165) is 102 Å². The number of ether oxygens (including phenoxy) is 3. The van der Waals surface area contributed by atoms with E-state index in [9.17, 15) is 63.6 Å². The van der Waals surface area contributed by atoms with E-state index in [0.29, 0.717) is 152 Å². The molecule has 0 aromatic heterocycles. The van der Waals surface area contributed by atoms with E-state index in [1.165, 1.54) is 0 Å². The second-order valence-electron chi connectivity index (χ2n) is 29.3. The number of nitrogens with one attached hydrogen (secondary N) is 4. The Morgan fingerprint density at radius 1 is 0.242 bits per heavy atom. The van der Waals surface area contributed by atoms with Crippen molar-refractivity contribution < 1.29 is 77.8 Å². The first-order chi connectivity index (χ1) is 60.0. The maximum Gasteiger partial charge on any atom is 0.338 e. The van der Waals surface area contributed by atoms with Gasteiger partial charge in [-0.05, 0) is 253 Å². The SMILES string of the molecule is C1CNCCNCCNCCN1.CCOC(=O)c1ccc(Br)cc1.CCOC(=O)c1ccc(N2CCN(c3ccc(C(C)=O)cc3)CCN(c3ccc(C(C)=O)cc3)CCN(c3ccc(C(=O)OCC)cc3)CC2)cc1.O=C(O)c1ccc(N2CCN(c3ccc(C(=O)O)cc3)CCN(c3ccc(C(=O)O)cc3)CCN(c3ccc(C(=O)O)cc3)CC2)cc1. The Bertz CT molecular complexity index is 4430. The number of rotatable bonds is 20. The van der Waals surface area contributed by atoms with Crippen molar-refractivity contribution in [2.24, 2.45) is 0 Å². The lowest BCUT2D eigenvalue weighted by atomic mass is 10.1. The first-order valence-electron chi connectivity index (χ1n) is 41.8. The first kappa shape index (κ1) is 95.2. The number of esters is 3. The van der Waals surface area contributed by atoms with Crippen LogP contribution in [-0.4, -0.2) is 251 Å². The number of nitrogens with zero attached hydrogens (tertiary/aromatic N) is 8. The summed E-state index contributed by atoms with van der Waals surface area (Å²) in [6.45, 7) is 28.2. The molecule has 3 saturated heterocycles. The van der Waals surface area contributed by atoms with Crippen LogP contribution in [0.15, 0.2) is 223 Å². The van der Waals surface area contributed by atoms with Crippen LogP contribution in [0.4, 0.5) is 45.5 Å². The highest BCUT2D eigenvalue weighted by Crippen LogP contribution is 2.28. The fraction of sp³-hybridized carbons (Fsp3) is 0.337. The number of carboxylic acid groups (broad SMARTS) is 4. The fourth-order valence-corrected chi connectivity index (χ4v) is 14.3. The Morgan fingerprint density at radius 3 is 0.516 bits per heavy atom. The van der Waals surface area contributed by atoms with Crippen molar-refractivity contribution in [1.82, 2.24) is 21.3 Å². The standard InChI is InChI=1S/C42H48N4O6.C36H36N4O8.C9H9BrO2.C8H20N4/c1-5-51-41(49)35-11-19-39(20-12-35)45-27-25-43(37-15-7-33(8-16-37)31(3)47)23-24-44(38-17-9-34(10-18-38)32(4)48)26-28-46(30-29-45)40-21-13-36(14-22-40)42(50)52-6-2;41-33(42)25-1-9-29(10-2-25)37-17-19-38(30-11-3-26(4-12-30)34(43)44)21-23-40(32-15-7-28(8-16-32)36(47)48)24-22-39(20-18-37)31-13-5-27(6-14-31)35(45)46;1-2-12-9(11)7-3-5-8(10)6-4-7;1-2-10-5-6-12-8-7-11-4-3-9-1/h7-22H,5-6,23-30H2,1-4H3;1-16H,17-24H2,(H,41,42)(H,43,44)(H,45,46)(H,47,48);3-6H,2H2,1H3;9-12H,1-8H2. The molecule has 0 atom stereocenters. The van der Waals surface area contributed by atoms with E-state index in [4.69, 9.17) is 14.2 Å². The van der Waals surface area contributed by atoms with Crippen LogP contribution < -0.4 is 60.5 Å². The van der Waals surface area contributed by atoms with Crippen molar-refractivity contribution in [2.45, 2.75) is 34.6 Å². The zero-order chi connectivity index (χ0) is 88.7. The number of ketones is 2. The number of halogens is 1. The van der Waals surface area contributed by atoms with Gasteiger partial charge in [0.05, 0.1) is 58.8 Å². The second-order valence-corrected chi connectivity index (χ2v) is 30.2. The summed E-state index contributed by atoms with van der Waals surface area (Å²) >= 11 is 3.28. The van der Waals surface area contributed by atoms with Crippen LogP contribution in [0.2, 0.25) is 0 Å². The van der Waals surface area contributed by atoms with Crippen molar-refractivity contribution in [3.63, 3.8) is 0 Å². The molecule has 0 unspecified atom stereocenters. The summed E-state index contributed by atoms with van der Waals surface area (Å²) in [5.74, 6) is -4.95. The molecular weight excluding hydrogens is 1650 g/mol. The number of benzene rings is 9. The van der Waals surface area contributed by atoms with Gasteiger partial charge in [0, 0.05) is 218 Å². The summed E-state index contributed by atoms with van der Waals surface area (Å²) in [5.41, 5.74) is 11.1. The lowest BCUT2D eigenvalue weighted by Gasteiger charge is -2.37. The number of carboxylic acids is 4. The quantitative estimate of drug-likeness (QED) is 0.0200. The van der Waals surface area contributed by atoms with Gasteiger partial charge < -0.3 is 95.1 Å². The highest BCUT2D eigenvalue weighted by Gasteiger charge is 2.24. The molecule has 0 radical (unpaired) electrons. The predicted molar refractivity (Wildman–Crippen MR) is 491 cm³/mol. The monoisotopic (exact) mass is 1760 g/mol. The van der Waals surface area contributed by atoms with E-state index < -0.39 is 23.9 Å². The minimum atomic E-state index is -1.01. The summed E-state index contributed by atoms with van der Waals surface area (Å²) < 4.78 is 16.2. The highest BCUT2D eigenvalue weighted by atomic mass is 79.9. The molecule has 0 amide bonds. The van der Waals surface area contributed by atoms with Crippen molar-refractivity contribution >= 4 is 115 Å². The van der Waals surface area contributed by atoms with Gasteiger partial charge in [-0.1, -0.05) is 15.9 Å². The second kappa shape index (κ2) is 50.0. The third-order valence-corrected chi connectivity index (χ3v) is 21.6. The average molecular weight is 1760 g/mol. The van der Waals surface area contributed by atoms with Gasteiger partial charge in [-0.2, -0.15) is 0 Å². The normalized spacial score (nSPS) is 14.8. The summed E-state index contributed by atoms with van der Waals surface area (Å²) in [7, 11) is 0. The van der Waals surface area contributed by atoms with Crippen LogP contribution in [0.3, 0.4) is 0 Å². The molecule has 0 bridgehead atoms. The molecule has 12 rings (SSSR count). The van der Waals surface area contributed by atoms with Gasteiger partial charge >= 0.3 is 41.8 Å². The minimum absolute atomic E-state index is 0.0259. The average Bonchev–Trinajstić information content (AvgIpc) is 0.831. The highest BCUT2D eigenvalue weighted by molar-refractivity contribution is 9.10. The molecule has 656 valence electrons. The topological polar surface area (TPSA) is 336 Å². The Balaban J connectivity index is 0.000000221. The zero-order valence-corrected chi connectivity index (χ0v) is 72.6. The van der Waals surface area contributed by atoms with E-state index in [1.807, 2.05) is 109 Å². The van der Waals surface area contributed by atoms with Gasteiger partial charge in [0.25, 0.3) is 0 Å². The third-order valence-electron chi connectivity index (χ3n) is 21.1. The van der Waals surface area contributed by atoms with Gasteiger partial charge in [0.1, 0.15) is 0 Å². The van der Waals surface area contributed by atoms with E-state index in [1.54, 1.807) is 144 Å². The first-order valence-corrected chi connectivity index (χ1v) is 42.6. The minimum Gasteiger partial charge on any atom is -0.478 e. The van der Waals surface area contributed by atoms with Crippen molar-refractivity contribution in [1.29, 1.82) is 0 Å². The van der Waals surface area contributed by atoms with Gasteiger partial charge in [0.15, 0.2) is 11.6 Å². The van der Waals surface area contributed by atoms with Crippen molar-refractivity contribution in [2.75, 3.05) is 216 Å². The molecule has 3 aliphatic rings. The Labute approximate surface area is 733 Å². The van der Waals surface area contributed by atoms with Gasteiger partial charge in [0.2, 0.25) is 0 Å². The molecule has 0 saturated carbocycles. The lowest BCUT2D eigenvalue weighted by Crippen LogP contribution is -2.46. The van der Waals surface area contributed by atoms with Crippen LogP contribution in [-0.2, 0) is 14.2 Å². The van der Waals surface area contributed by atoms with Crippen LogP contribution in [0, 0.1) is 0 Å². The summed E-state index contributed by atoms with van der Waals surface area (Å²) in [4.78, 5) is 124. The van der Waals surface area contributed by atoms with Crippen molar-refractivity contribution in [3.05, 3.63) is 273 Å². The number of carbonyl (C=O) groups is 9. The molecule has 9 aromatic carbocycles. The van der Waals surface area contributed by atoms with E-state index in [-0.39, 0.29) is 51.7 Å². The zero-order valence-electron chi connectivity index (χ0n) is 71.0. The number of hydrogen-bond donors (Lipinski definition) is 8. The van der Waals surface area contributed by atoms with Gasteiger partial charge in [-0.15, -0.1) is 0 Å². The Morgan fingerprint density at radius 2 is 0.379 bits per heavy atom. The number of aromatic carboxylic acids is 4. The van der Waals surface area contributed by atoms with Crippen LogP contribution in [0.5, 0.6) is 0 Å². The summed E-state index contributed by atoms with van der Waals surface area (Å²) in [6, 6.07) is 64.6. The number of Topliss-reactive ketones (excluding diaryl/α,β-unsaturated/α-hetero) is 2. The Hall–Kier alpha value is -12.7. The molecule has 0 spiro atoms. The molecule has 8 N–H and O–H groups in total. The maximum atomic E-state index is 12.4. The fourth-order valence-electron chi connectivity index (χ4n) is 14.0. The third kappa shape index (κ3) is 30.1. The van der Waals surface area contributed by atoms with E-state index >= 15 is 0 Å². The van der Waals surface area contributed by atoms with Gasteiger partial charge in [-0.25, -0.2) is 33.6 Å². The lowest BCUT2D eigenvalue weighted by molar-refractivity contribution is 0.0516. The van der Waals surface area contributed by atoms with Gasteiger partial charge in [-0.3, -0.25) is 9.59 Å². The molecule has 0 aliphatic carbocycles. The number of anilines is 8. The largest absolute Gasteiger partial charge is 0.478 e. The van der Waals surface area contributed by atoms with Crippen LogP contribution in [0.25, 0.3) is 0 Å². The summed E-state index contributed by atoms with van der Waals surface area (Å²) in [6.07, 6.45) is 0. The predicted octanol–water partition coefficient (Wildman–Crippen LogP) is 12.6. The van der Waals surface area contributed by atoms with Crippen LogP contribution in [0.1, 0.15) is 128 Å². The smallest absolute Gasteiger partial charge is 0.338 e. The number of hydrogen-bond acceptors (Lipinski definition) is 24. The molecule has 28 nitrogen and oxygen atoms in total. The molecule has 3 fully saturated rings. The summed E-state index contributed by atoms with van der Waals surface area (Å²) in [5, 5.41) is 51.2. The molecule has 3 heterocycles. The van der Waals surface area contributed by atoms with Crippen LogP contribution >= 0.6 is 15.9 Å². The molecule has 29 heteroatoms. The van der Waals surface area contributed by atoms with E-state index in [2.05, 4.69) is 76.4 Å². The Kier molecular flexibility index (Phi) is 38.4. The molecule has 3 aliphatic heterocycles. The molecule has 9 aromatic rings. The molecular formula is C95H113BrN12O16. The number of carbonyl (C=O) groups excluding carboxylic acids is 5.